The molecule has 0 radical (unpaired) electrons. The van der Waals surface area contributed by atoms with Crippen molar-refractivity contribution in [2.75, 3.05) is 10.2 Å². The molecule has 1 aliphatic heterocycles. The number of nitrogens with one attached hydrogen (secondary N) is 1. The predicted molar refractivity (Wildman–Crippen MR) is 146 cm³/mol. The van der Waals surface area contributed by atoms with E-state index in [0.717, 1.165) is 18.9 Å². The van der Waals surface area contributed by atoms with Crippen LogP contribution < -0.4 is 10.2 Å². The molecule has 1 heterocycles. The van der Waals surface area contributed by atoms with Gasteiger partial charge in [0.2, 0.25) is 0 Å². The third-order valence-electron chi connectivity index (χ3n) is 5.10. The number of nitrogens with zero attached hydrogens (tertiary/aromatic N) is 1. The number of carbonyl (C=O) groups excluding carboxylic acids is 3. The number of halogens is 1. The lowest BCUT2D eigenvalue weighted by Crippen LogP contribution is -2.32. The fraction of sp³-hybridized carbons (Fsp3) is 0.148. The van der Waals surface area contributed by atoms with E-state index in [0.29, 0.717) is 21.8 Å². The first-order valence-corrected chi connectivity index (χ1v) is 12.8. The van der Waals surface area contributed by atoms with Gasteiger partial charge in [-0.25, -0.2) is 9.69 Å². The fourth-order valence-corrected chi connectivity index (χ4v) is 4.67. The Morgan fingerprint density at radius 3 is 2.14 bits per heavy atom. The summed E-state index contributed by atoms with van der Waals surface area (Å²) in [6.07, 6.45) is -0.246. The third-order valence-corrected chi connectivity index (χ3v) is 6.91. The maximum Gasteiger partial charge on any atom is 0.338 e. The van der Waals surface area contributed by atoms with E-state index in [1.165, 1.54) is 11.8 Å². The quantitative estimate of drug-likeness (QED) is 0.200. The van der Waals surface area contributed by atoms with Gasteiger partial charge in [0, 0.05) is 14.2 Å². The van der Waals surface area contributed by atoms with Crippen molar-refractivity contribution in [2.24, 2.45) is 0 Å². The van der Waals surface area contributed by atoms with Crippen molar-refractivity contribution in [3.8, 4) is 0 Å². The summed E-state index contributed by atoms with van der Waals surface area (Å²) in [5, 5.41) is 3.15. The Morgan fingerprint density at radius 1 is 0.914 bits per heavy atom. The molecule has 0 fully saturated rings. The topological polar surface area (TPSA) is 75.7 Å². The van der Waals surface area contributed by atoms with Crippen molar-refractivity contribution in [3.63, 3.8) is 0 Å². The molecule has 0 saturated heterocycles. The molecule has 6 nitrogen and oxygen atoms in total. The largest absolute Gasteiger partial charge is 0.459 e. The zero-order valence-electron chi connectivity index (χ0n) is 19.4. The van der Waals surface area contributed by atoms with Crippen molar-refractivity contribution in [3.05, 3.63) is 98.1 Å². The Balaban J connectivity index is 1.66. The number of anilines is 2. The molecule has 0 aromatic heterocycles. The monoisotopic (exact) mass is 598 g/mol. The van der Waals surface area contributed by atoms with E-state index in [2.05, 4.69) is 27.9 Å². The van der Waals surface area contributed by atoms with Crippen LogP contribution in [0.15, 0.2) is 88.3 Å². The number of amides is 2. The van der Waals surface area contributed by atoms with Crippen LogP contribution >= 0.6 is 34.4 Å². The minimum atomic E-state index is -0.458. The number of thioether (sulfide) groups is 1. The number of ether oxygens (including phenoxy) is 1. The highest BCUT2D eigenvalue weighted by atomic mass is 127. The van der Waals surface area contributed by atoms with Gasteiger partial charge in [-0.1, -0.05) is 29.5 Å². The molecule has 1 N–H and O–H groups in total. The zero-order valence-corrected chi connectivity index (χ0v) is 22.3. The Hall–Kier alpha value is -3.11. The lowest BCUT2D eigenvalue weighted by atomic mass is 10.2. The van der Waals surface area contributed by atoms with Crippen LogP contribution in [0.2, 0.25) is 0 Å². The van der Waals surface area contributed by atoms with Crippen molar-refractivity contribution >= 4 is 63.5 Å². The molecule has 0 bridgehead atoms. The number of hydrogen-bond donors (Lipinski definition) is 1. The first-order chi connectivity index (χ1) is 16.7. The summed E-state index contributed by atoms with van der Waals surface area (Å²) in [6, 6.07) is 21.6. The molecule has 3 aromatic carbocycles. The number of benzene rings is 3. The molecule has 1 aliphatic rings. The average Bonchev–Trinajstić information content (AvgIpc) is 3.05. The maximum absolute atomic E-state index is 13.5. The minimum absolute atomic E-state index is 0.213. The van der Waals surface area contributed by atoms with Crippen molar-refractivity contribution in [2.45, 2.75) is 31.8 Å². The highest BCUT2D eigenvalue weighted by molar-refractivity contribution is 14.1. The van der Waals surface area contributed by atoms with Crippen LogP contribution in [0.1, 0.15) is 29.8 Å². The van der Waals surface area contributed by atoms with Crippen LogP contribution in [0.4, 0.5) is 11.4 Å². The van der Waals surface area contributed by atoms with Gasteiger partial charge >= 0.3 is 5.97 Å². The summed E-state index contributed by atoms with van der Waals surface area (Å²) in [7, 11) is 0. The molecule has 0 saturated carbocycles. The molecule has 4 rings (SSSR count). The zero-order chi connectivity index (χ0) is 25.1. The average molecular weight is 598 g/mol. The lowest BCUT2D eigenvalue weighted by Gasteiger charge is -2.16. The van der Waals surface area contributed by atoms with Gasteiger partial charge in [0.25, 0.3) is 11.8 Å². The summed E-state index contributed by atoms with van der Waals surface area (Å²) >= 11 is 3.45. The summed E-state index contributed by atoms with van der Waals surface area (Å²) in [5.74, 6) is -1.34. The molecule has 0 unspecified atom stereocenters. The first kappa shape index (κ1) is 25.0. The smallest absolute Gasteiger partial charge is 0.338 e. The number of rotatable bonds is 7. The molecular formula is C27H23IN2O4S. The summed E-state index contributed by atoms with van der Waals surface area (Å²) < 4.78 is 6.28. The molecular weight excluding hydrogens is 575 g/mol. The second kappa shape index (κ2) is 10.7. The van der Waals surface area contributed by atoms with E-state index in [-0.39, 0.29) is 11.8 Å². The van der Waals surface area contributed by atoms with Gasteiger partial charge in [-0.3, -0.25) is 9.59 Å². The molecule has 35 heavy (non-hydrogen) atoms. The highest BCUT2D eigenvalue weighted by Crippen LogP contribution is 2.38. The molecule has 0 spiro atoms. The highest BCUT2D eigenvalue weighted by Gasteiger charge is 2.40. The first-order valence-electron chi connectivity index (χ1n) is 10.9. The van der Waals surface area contributed by atoms with E-state index in [4.69, 9.17) is 4.74 Å². The van der Waals surface area contributed by atoms with Gasteiger partial charge in [0.05, 0.1) is 17.4 Å². The number of aryl methyl sites for hydroxylation is 1. The normalized spacial score (nSPS) is 13.6. The lowest BCUT2D eigenvalue weighted by molar-refractivity contribution is -0.120. The Labute approximate surface area is 221 Å². The van der Waals surface area contributed by atoms with Crippen LogP contribution in [-0.4, -0.2) is 23.9 Å². The summed E-state index contributed by atoms with van der Waals surface area (Å²) in [4.78, 5) is 41.5. The number of hydrogen-bond acceptors (Lipinski definition) is 6. The van der Waals surface area contributed by atoms with Gasteiger partial charge in [-0.05, 0) is 104 Å². The number of imide groups is 1. The number of carbonyl (C=O) groups is 3. The second-order valence-corrected chi connectivity index (χ2v) is 10.5. The van der Waals surface area contributed by atoms with E-state index < -0.39 is 17.8 Å². The number of esters is 1. The van der Waals surface area contributed by atoms with Gasteiger partial charge in [0.1, 0.15) is 10.6 Å². The van der Waals surface area contributed by atoms with Gasteiger partial charge in [-0.2, -0.15) is 0 Å². The Bertz CT molecular complexity index is 1230. The van der Waals surface area contributed by atoms with Gasteiger partial charge in [0.15, 0.2) is 0 Å². The van der Waals surface area contributed by atoms with E-state index in [1.807, 2.05) is 55.5 Å². The predicted octanol–water partition coefficient (Wildman–Crippen LogP) is 6.15. The van der Waals surface area contributed by atoms with Crippen molar-refractivity contribution in [1.82, 2.24) is 0 Å². The fourth-order valence-electron chi connectivity index (χ4n) is 3.38. The van der Waals surface area contributed by atoms with Gasteiger partial charge in [-0.15, -0.1) is 0 Å². The van der Waals surface area contributed by atoms with Crippen LogP contribution in [0.5, 0.6) is 0 Å². The van der Waals surface area contributed by atoms with Crippen LogP contribution in [0, 0.1) is 10.5 Å². The van der Waals surface area contributed by atoms with Crippen molar-refractivity contribution in [1.29, 1.82) is 0 Å². The molecule has 3 aromatic rings. The van der Waals surface area contributed by atoms with E-state index in [9.17, 15) is 14.4 Å². The summed E-state index contributed by atoms with van der Waals surface area (Å²) in [5.41, 5.74) is 2.75. The maximum atomic E-state index is 13.5. The van der Waals surface area contributed by atoms with E-state index >= 15 is 0 Å². The standard InChI is InChI=1S/C27H23IN2O4S/c1-16(2)34-27(33)18-6-12-21(13-7-18)30-25(31)23(29-20-10-8-19(28)9-11-20)24(26(30)32)35-22-14-4-17(3)5-15-22/h4-16,29H,1-3H3. The van der Waals surface area contributed by atoms with Crippen LogP contribution in [-0.2, 0) is 14.3 Å². The Kier molecular flexibility index (Phi) is 7.61. The molecule has 0 aliphatic carbocycles. The van der Waals surface area contributed by atoms with E-state index in [1.54, 1.807) is 38.1 Å². The molecule has 2 amide bonds. The van der Waals surface area contributed by atoms with Crippen LogP contribution in [0.3, 0.4) is 0 Å². The second-order valence-electron chi connectivity index (χ2n) is 8.20. The summed E-state index contributed by atoms with van der Waals surface area (Å²) in [6.45, 7) is 5.54. The van der Waals surface area contributed by atoms with Gasteiger partial charge < -0.3 is 10.1 Å². The Morgan fingerprint density at radius 2 is 1.54 bits per heavy atom. The van der Waals surface area contributed by atoms with Crippen LogP contribution in [0.25, 0.3) is 0 Å². The minimum Gasteiger partial charge on any atom is -0.459 e. The SMILES string of the molecule is Cc1ccc(SC2=C(Nc3ccc(I)cc3)C(=O)N(c3ccc(C(=O)OC(C)C)cc3)C2=O)cc1. The molecule has 178 valence electrons. The van der Waals surface area contributed by atoms with Crippen molar-refractivity contribution < 1.29 is 19.1 Å². The third kappa shape index (κ3) is 5.76. The molecule has 8 heteroatoms. The molecule has 0 atom stereocenters.